The maximum atomic E-state index is 9.90. The summed E-state index contributed by atoms with van der Waals surface area (Å²) in [6.45, 7) is 2.25. The second kappa shape index (κ2) is 12.6. The summed E-state index contributed by atoms with van der Waals surface area (Å²) in [4.78, 5) is 0. The molecule has 1 heteroatoms. The first-order valence-electron chi connectivity index (χ1n) is 8.71. The van der Waals surface area contributed by atoms with E-state index in [0.29, 0.717) is 0 Å². The fourth-order valence-electron chi connectivity index (χ4n) is 2.55. The molecule has 21 heavy (non-hydrogen) atoms. The zero-order chi connectivity index (χ0) is 15.2. The third-order valence-electron chi connectivity index (χ3n) is 3.90. The van der Waals surface area contributed by atoms with Gasteiger partial charge in [-0.05, 0) is 24.8 Å². The molecule has 0 saturated carbocycles. The monoisotopic (exact) mass is 288 g/mol. The maximum Gasteiger partial charge on any atom is 0.0720 e. The lowest BCUT2D eigenvalue weighted by molar-refractivity contribution is 0.207. The van der Waals surface area contributed by atoms with Gasteiger partial charge in [0.15, 0.2) is 0 Å². The minimum atomic E-state index is -0.253. The highest BCUT2D eigenvalue weighted by molar-refractivity contribution is 5.15. The normalized spacial score (nSPS) is 12.9. The molecule has 118 valence electrons. The van der Waals surface area contributed by atoms with Crippen LogP contribution in [0.4, 0.5) is 0 Å². The number of benzene rings is 1. The van der Waals surface area contributed by atoms with Crippen LogP contribution in [0.25, 0.3) is 0 Å². The van der Waals surface area contributed by atoms with Crippen molar-refractivity contribution in [2.45, 2.75) is 77.2 Å². The summed E-state index contributed by atoms with van der Waals surface area (Å²) in [6.07, 6.45) is 16.0. The van der Waals surface area contributed by atoms with Crippen molar-refractivity contribution in [1.29, 1.82) is 0 Å². The van der Waals surface area contributed by atoms with Crippen LogP contribution in [0.15, 0.2) is 42.5 Å². The van der Waals surface area contributed by atoms with Crippen LogP contribution in [0.3, 0.4) is 0 Å². The second-order valence-corrected chi connectivity index (χ2v) is 5.93. The lowest BCUT2D eigenvalue weighted by Crippen LogP contribution is -2.01. The number of hydrogen-bond donors (Lipinski definition) is 1. The average Bonchev–Trinajstić information content (AvgIpc) is 2.52. The summed E-state index contributed by atoms with van der Waals surface area (Å²) in [5, 5.41) is 9.90. The average molecular weight is 288 g/mol. The van der Waals surface area contributed by atoms with Gasteiger partial charge in [0.05, 0.1) is 6.10 Å². The van der Waals surface area contributed by atoms with Crippen molar-refractivity contribution in [2.24, 2.45) is 0 Å². The van der Waals surface area contributed by atoms with E-state index in [0.717, 1.165) is 25.7 Å². The Morgan fingerprint density at radius 1 is 0.952 bits per heavy atom. The maximum absolute atomic E-state index is 9.90. The van der Waals surface area contributed by atoms with E-state index in [9.17, 15) is 5.11 Å². The predicted molar refractivity (Wildman–Crippen MR) is 92.5 cm³/mol. The molecule has 1 nitrogen and oxygen atoms in total. The van der Waals surface area contributed by atoms with E-state index in [1.807, 2.05) is 12.1 Å². The summed E-state index contributed by atoms with van der Waals surface area (Å²) in [7, 11) is 0. The highest BCUT2D eigenvalue weighted by atomic mass is 16.3. The van der Waals surface area contributed by atoms with Crippen molar-refractivity contribution < 1.29 is 5.11 Å². The molecule has 0 aromatic heterocycles. The molecule has 0 saturated heterocycles. The Labute approximate surface area is 131 Å². The van der Waals surface area contributed by atoms with Gasteiger partial charge in [-0.1, -0.05) is 94.4 Å². The molecule has 1 atom stereocenters. The third kappa shape index (κ3) is 10.3. The highest BCUT2D eigenvalue weighted by Gasteiger charge is 1.99. The van der Waals surface area contributed by atoms with Crippen LogP contribution in [0.5, 0.6) is 0 Å². The topological polar surface area (TPSA) is 20.2 Å². The van der Waals surface area contributed by atoms with E-state index in [4.69, 9.17) is 0 Å². The van der Waals surface area contributed by atoms with E-state index in [1.54, 1.807) is 0 Å². The van der Waals surface area contributed by atoms with Gasteiger partial charge in [-0.25, -0.2) is 0 Å². The number of allylic oxidation sites excluding steroid dienone is 1. The Bertz CT molecular complexity index is 355. The summed E-state index contributed by atoms with van der Waals surface area (Å²) in [5.74, 6) is 0. The van der Waals surface area contributed by atoms with E-state index in [-0.39, 0.29) is 6.10 Å². The largest absolute Gasteiger partial charge is 0.389 e. The molecule has 0 spiro atoms. The fraction of sp³-hybridized carbons (Fsp3) is 0.600. The molecule has 1 rings (SSSR count). The van der Waals surface area contributed by atoms with E-state index < -0.39 is 0 Å². The Morgan fingerprint density at radius 3 is 2.33 bits per heavy atom. The molecule has 0 amide bonds. The SMILES string of the molecule is CCCCCCCCCC(O)/C=C/CCc1ccccc1. The molecule has 0 fully saturated rings. The van der Waals surface area contributed by atoms with Gasteiger partial charge in [0, 0.05) is 0 Å². The zero-order valence-electron chi connectivity index (χ0n) is 13.6. The van der Waals surface area contributed by atoms with Crippen LogP contribution < -0.4 is 0 Å². The molecule has 0 heterocycles. The summed E-state index contributed by atoms with van der Waals surface area (Å²) in [5.41, 5.74) is 1.36. The molecular formula is C20H32O. The van der Waals surface area contributed by atoms with Gasteiger partial charge in [-0.15, -0.1) is 0 Å². The van der Waals surface area contributed by atoms with Gasteiger partial charge in [-0.3, -0.25) is 0 Å². The molecular weight excluding hydrogens is 256 g/mol. The number of rotatable bonds is 12. The van der Waals surface area contributed by atoms with Crippen LogP contribution in [-0.4, -0.2) is 11.2 Å². The van der Waals surface area contributed by atoms with Gasteiger partial charge >= 0.3 is 0 Å². The summed E-state index contributed by atoms with van der Waals surface area (Å²) in [6, 6.07) is 10.5. The number of unbranched alkanes of at least 4 members (excludes halogenated alkanes) is 6. The Hall–Kier alpha value is -1.08. The molecule has 1 unspecified atom stereocenters. The first-order valence-corrected chi connectivity index (χ1v) is 8.71. The Morgan fingerprint density at radius 2 is 1.62 bits per heavy atom. The highest BCUT2D eigenvalue weighted by Crippen LogP contribution is 2.10. The molecule has 1 aromatic rings. The van der Waals surface area contributed by atoms with Crippen molar-refractivity contribution in [1.82, 2.24) is 0 Å². The number of aliphatic hydroxyl groups is 1. The molecule has 1 aromatic carbocycles. The number of hydrogen-bond acceptors (Lipinski definition) is 1. The van der Waals surface area contributed by atoms with Gasteiger partial charge in [-0.2, -0.15) is 0 Å². The summed E-state index contributed by atoms with van der Waals surface area (Å²) >= 11 is 0. The van der Waals surface area contributed by atoms with E-state index in [2.05, 4.69) is 37.3 Å². The van der Waals surface area contributed by atoms with Crippen LogP contribution >= 0.6 is 0 Å². The minimum absolute atomic E-state index is 0.253. The standard InChI is InChI=1S/C20H32O/c1-2-3-4-5-6-7-11-17-20(21)18-13-12-16-19-14-9-8-10-15-19/h8-10,13-15,18,20-21H,2-7,11-12,16-17H2,1H3/b18-13+. The van der Waals surface area contributed by atoms with Crippen molar-refractivity contribution >= 4 is 0 Å². The van der Waals surface area contributed by atoms with Crippen LogP contribution in [-0.2, 0) is 6.42 Å². The smallest absolute Gasteiger partial charge is 0.0720 e. The molecule has 1 N–H and O–H groups in total. The Kier molecular flexibility index (Phi) is 10.8. The lowest BCUT2D eigenvalue weighted by atomic mass is 10.1. The van der Waals surface area contributed by atoms with Crippen LogP contribution in [0.2, 0.25) is 0 Å². The lowest BCUT2D eigenvalue weighted by Gasteiger charge is -2.05. The molecule has 0 bridgehead atoms. The first-order chi connectivity index (χ1) is 10.3. The molecule has 0 aliphatic rings. The van der Waals surface area contributed by atoms with Crippen molar-refractivity contribution in [3.63, 3.8) is 0 Å². The number of aryl methyl sites for hydroxylation is 1. The van der Waals surface area contributed by atoms with Crippen LogP contribution in [0.1, 0.15) is 70.3 Å². The third-order valence-corrected chi connectivity index (χ3v) is 3.90. The second-order valence-electron chi connectivity index (χ2n) is 5.93. The molecule has 0 aliphatic heterocycles. The zero-order valence-corrected chi connectivity index (χ0v) is 13.6. The quantitative estimate of drug-likeness (QED) is 0.387. The van der Waals surface area contributed by atoms with E-state index >= 15 is 0 Å². The predicted octanol–water partition coefficient (Wildman–Crippen LogP) is 5.68. The van der Waals surface area contributed by atoms with Crippen molar-refractivity contribution in [3.8, 4) is 0 Å². The van der Waals surface area contributed by atoms with Gasteiger partial charge < -0.3 is 5.11 Å². The van der Waals surface area contributed by atoms with Gasteiger partial charge in [0.25, 0.3) is 0 Å². The van der Waals surface area contributed by atoms with Crippen molar-refractivity contribution in [2.75, 3.05) is 0 Å². The minimum Gasteiger partial charge on any atom is -0.389 e. The van der Waals surface area contributed by atoms with E-state index in [1.165, 1.54) is 44.1 Å². The molecule has 0 radical (unpaired) electrons. The van der Waals surface area contributed by atoms with Crippen LogP contribution in [0, 0.1) is 0 Å². The van der Waals surface area contributed by atoms with Gasteiger partial charge in [0.2, 0.25) is 0 Å². The summed E-state index contributed by atoms with van der Waals surface area (Å²) < 4.78 is 0. The Balaban J connectivity index is 1.97. The molecule has 0 aliphatic carbocycles. The van der Waals surface area contributed by atoms with Crippen molar-refractivity contribution in [3.05, 3.63) is 48.0 Å². The fourth-order valence-corrected chi connectivity index (χ4v) is 2.55. The number of aliphatic hydroxyl groups excluding tert-OH is 1. The first kappa shape index (κ1) is 18.0. The van der Waals surface area contributed by atoms with Gasteiger partial charge in [0.1, 0.15) is 0 Å².